The number of carbonyl (C=O) groups excluding carboxylic acids is 2. The Hall–Kier alpha value is -3.73. The van der Waals surface area contributed by atoms with Crippen molar-refractivity contribution in [3.05, 3.63) is 100.0 Å². The normalized spacial score (nSPS) is 13.9. The van der Waals surface area contributed by atoms with E-state index < -0.39 is 17.6 Å². The molecule has 0 aliphatic carbocycles. The third-order valence-electron chi connectivity index (χ3n) is 5.72. The summed E-state index contributed by atoms with van der Waals surface area (Å²) in [5, 5.41) is 3.00. The van der Waals surface area contributed by atoms with E-state index >= 15 is 0 Å². The molecule has 3 aromatic rings. The fraction of sp³-hybridized carbons (Fsp3) is 0.154. The van der Waals surface area contributed by atoms with Crippen LogP contribution in [0.3, 0.4) is 0 Å². The quantitative estimate of drug-likeness (QED) is 0.577. The Bertz CT molecular complexity index is 1260. The number of nitrogens with zero attached hydrogens (tertiary/aromatic N) is 1. The van der Waals surface area contributed by atoms with Gasteiger partial charge in [-0.3, -0.25) is 9.59 Å². The van der Waals surface area contributed by atoms with Crippen molar-refractivity contribution < 1.29 is 14.0 Å². The van der Waals surface area contributed by atoms with Gasteiger partial charge in [0.2, 0.25) is 0 Å². The van der Waals surface area contributed by atoms with Gasteiger partial charge in [0.25, 0.3) is 11.8 Å². The Labute approximate surface area is 181 Å². The standard InChI is InChI=1S/C26H23FN2O2/c1-15-8-10-19(12-17(15)3)23-24(28-21-7-5-6-20(27)14-21)26(31)29(25(23)30)22-11-9-16(2)18(4)13-22/h5-14,28H,1-4H3. The minimum atomic E-state index is -0.467. The number of nitrogens with one attached hydrogen (secondary N) is 1. The molecule has 0 fully saturated rings. The number of halogens is 1. The van der Waals surface area contributed by atoms with Gasteiger partial charge in [-0.15, -0.1) is 0 Å². The summed E-state index contributed by atoms with van der Waals surface area (Å²) < 4.78 is 13.7. The third-order valence-corrected chi connectivity index (χ3v) is 5.72. The number of hydrogen-bond acceptors (Lipinski definition) is 3. The van der Waals surface area contributed by atoms with Crippen LogP contribution in [0.2, 0.25) is 0 Å². The molecule has 0 unspecified atom stereocenters. The van der Waals surface area contributed by atoms with Crippen LogP contribution >= 0.6 is 0 Å². The average molecular weight is 414 g/mol. The molecular formula is C26H23FN2O2. The zero-order chi connectivity index (χ0) is 22.3. The topological polar surface area (TPSA) is 49.4 Å². The van der Waals surface area contributed by atoms with Gasteiger partial charge in [-0.2, -0.15) is 0 Å². The van der Waals surface area contributed by atoms with Gasteiger partial charge in [0, 0.05) is 5.69 Å². The van der Waals surface area contributed by atoms with Crippen LogP contribution in [-0.2, 0) is 9.59 Å². The van der Waals surface area contributed by atoms with E-state index in [1.165, 1.54) is 17.0 Å². The number of hydrogen-bond donors (Lipinski definition) is 1. The molecule has 31 heavy (non-hydrogen) atoms. The van der Waals surface area contributed by atoms with Crippen molar-refractivity contribution in [2.75, 3.05) is 10.2 Å². The van der Waals surface area contributed by atoms with Gasteiger partial charge in [0.05, 0.1) is 11.3 Å². The second-order valence-corrected chi connectivity index (χ2v) is 7.90. The second-order valence-electron chi connectivity index (χ2n) is 7.90. The van der Waals surface area contributed by atoms with Gasteiger partial charge in [0.15, 0.2) is 0 Å². The van der Waals surface area contributed by atoms with E-state index in [0.717, 1.165) is 22.3 Å². The first-order chi connectivity index (χ1) is 14.8. The minimum absolute atomic E-state index is 0.136. The zero-order valence-electron chi connectivity index (χ0n) is 17.9. The molecule has 2 amide bonds. The van der Waals surface area contributed by atoms with Crippen LogP contribution in [0.4, 0.5) is 15.8 Å². The molecule has 1 aliphatic heterocycles. The molecule has 0 radical (unpaired) electrons. The highest BCUT2D eigenvalue weighted by atomic mass is 19.1. The third kappa shape index (κ3) is 3.75. The van der Waals surface area contributed by atoms with Crippen LogP contribution in [0, 0.1) is 33.5 Å². The van der Waals surface area contributed by atoms with E-state index in [1.54, 1.807) is 18.2 Å². The minimum Gasteiger partial charge on any atom is -0.350 e. The maximum Gasteiger partial charge on any atom is 0.282 e. The Kier molecular flexibility index (Phi) is 5.19. The fourth-order valence-electron chi connectivity index (χ4n) is 3.62. The molecular weight excluding hydrogens is 391 g/mol. The van der Waals surface area contributed by atoms with E-state index in [0.29, 0.717) is 16.9 Å². The molecule has 0 bridgehead atoms. The monoisotopic (exact) mass is 414 g/mol. The number of aryl methyl sites for hydroxylation is 4. The summed E-state index contributed by atoms with van der Waals surface area (Å²) in [5.41, 5.74) is 6.13. The SMILES string of the molecule is Cc1ccc(C2=C(Nc3cccc(F)c3)C(=O)N(c3ccc(C)c(C)c3)C2=O)cc1C. The average Bonchev–Trinajstić information content (AvgIpc) is 2.96. The first-order valence-corrected chi connectivity index (χ1v) is 10.1. The first-order valence-electron chi connectivity index (χ1n) is 10.1. The number of imide groups is 1. The Morgan fingerprint density at radius 2 is 1.42 bits per heavy atom. The van der Waals surface area contributed by atoms with Crippen LogP contribution in [0.15, 0.2) is 66.4 Å². The molecule has 1 N–H and O–H groups in total. The summed E-state index contributed by atoms with van der Waals surface area (Å²) in [6, 6.07) is 17.0. The van der Waals surface area contributed by atoms with E-state index in [-0.39, 0.29) is 11.3 Å². The van der Waals surface area contributed by atoms with Crippen molar-refractivity contribution in [3.8, 4) is 0 Å². The summed E-state index contributed by atoms with van der Waals surface area (Å²) in [4.78, 5) is 28.1. The van der Waals surface area contributed by atoms with E-state index in [9.17, 15) is 14.0 Å². The van der Waals surface area contributed by atoms with Crippen molar-refractivity contribution >= 4 is 28.8 Å². The number of carbonyl (C=O) groups is 2. The lowest BCUT2D eigenvalue weighted by Gasteiger charge is -2.17. The summed E-state index contributed by atoms with van der Waals surface area (Å²) in [6.07, 6.45) is 0. The van der Waals surface area contributed by atoms with Crippen molar-refractivity contribution in [1.82, 2.24) is 0 Å². The lowest BCUT2D eigenvalue weighted by atomic mass is 9.99. The Morgan fingerprint density at radius 1 is 0.742 bits per heavy atom. The molecule has 1 heterocycles. The second kappa shape index (κ2) is 7.84. The van der Waals surface area contributed by atoms with E-state index in [4.69, 9.17) is 0 Å². The summed E-state index contributed by atoms with van der Waals surface area (Å²) >= 11 is 0. The molecule has 156 valence electrons. The lowest BCUT2D eigenvalue weighted by molar-refractivity contribution is -0.120. The largest absolute Gasteiger partial charge is 0.350 e. The van der Waals surface area contributed by atoms with Gasteiger partial charge in [-0.05, 0) is 85.8 Å². The number of amides is 2. The summed E-state index contributed by atoms with van der Waals surface area (Å²) in [7, 11) is 0. The van der Waals surface area contributed by atoms with Crippen molar-refractivity contribution in [3.63, 3.8) is 0 Å². The van der Waals surface area contributed by atoms with E-state index in [1.807, 2.05) is 58.0 Å². The van der Waals surface area contributed by atoms with Gasteiger partial charge in [0.1, 0.15) is 11.5 Å². The van der Waals surface area contributed by atoms with Crippen molar-refractivity contribution in [2.24, 2.45) is 0 Å². The molecule has 3 aromatic carbocycles. The number of rotatable bonds is 4. The molecule has 4 rings (SSSR count). The zero-order valence-corrected chi connectivity index (χ0v) is 17.9. The molecule has 4 nitrogen and oxygen atoms in total. The van der Waals surface area contributed by atoms with Crippen LogP contribution in [0.1, 0.15) is 27.8 Å². The molecule has 0 saturated heterocycles. The van der Waals surface area contributed by atoms with Gasteiger partial charge >= 0.3 is 0 Å². The highest BCUT2D eigenvalue weighted by molar-refractivity contribution is 6.46. The summed E-state index contributed by atoms with van der Waals surface area (Å²) in [6.45, 7) is 7.86. The van der Waals surface area contributed by atoms with Crippen molar-refractivity contribution in [2.45, 2.75) is 27.7 Å². The number of benzene rings is 3. The molecule has 0 spiro atoms. The Morgan fingerprint density at radius 3 is 2.06 bits per heavy atom. The maximum atomic E-state index is 13.7. The highest BCUT2D eigenvalue weighted by Crippen LogP contribution is 2.35. The Balaban J connectivity index is 1.85. The first kappa shape index (κ1) is 20.5. The van der Waals surface area contributed by atoms with Gasteiger partial charge < -0.3 is 5.32 Å². The molecule has 0 saturated carbocycles. The molecule has 1 aliphatic rings. The summed E-state index contributed by atoms with van der Waals surface area (Å²) in [5.74, 6) is -1.30. The predicted octanol–water partition coefficient (Wildman–Crippen LogP) is 5.46. The molecule has 0 atom stereocenters. The van der Waals surface area contributed by atoms with Gasteiger partial charge in [-0.1, -0.05) is 30.3 Å². The van der Waals surface area contributed by atoms with Crippen LogP contribution in [0.25, 0.3) is 5.57 Å². The van der Waals surface area contributed by atoms with Crippen LogP contribution in [0.5, 0.6) is 0 Å². The van der Waals surface area contributed by atoms with Gasteiger partial charge in [-0.25, -0.2) is 9.29 Å². The number of anilines is 2. The van der Waals surface area contributed by atoms with Crippen LogP contribution < -0.4 is 10.2 Å². The maximum absolute atomic E-state index is 13.7. The lowest BCUT2D eigenvalue weighted by Crippen LogP contribution is -2.32. The fourth-order valence-corrected chi connectivity index (χ4v) is 3.62. The van der Waals surface area contributed by atoms with Crippen LogP contribution in [-0.4, -0.2) is 11.8 Å². The molecule has 5 heteroatoms. The smallest absolute Gasteiger partial charge is 0.282 e. The van der Waals surface area contributed by atoms with Crippen molar-refractivity contribution in [1.29, 1.82) is 0 Å². The highest BCUT2D eigenvalue weighted by Gasteiger charge is 2.40. The molecule has 0 aromatic heterocycles. The van der Waals surface area contributed by atoms with E-state index in [2.05, 4.69) is 5.32 Å². The predicted molar refractivity (Wildman–Crippen MR) is 121 cm³/mol.